The molecule has 3 fully saturated rings. The number of piperidine rings is 1. The Morgan fingerprint density at radius 3 is 1.54 bits per heavy atom. The van der Waals surface area contributed by atoms with Crippen molar-refractivity contribution in [1.29, 1.82) is 0 Å². The molecule has 68 heavy (non-hydrogen) atoms. The molecule has 7 aromatic carbocycles. The van der Waals surface area contributed by atoms with Crippen LogP contribution in [0.4, 0.5) is 5.69 Å². The van der Waals surface area contributed by atoms with Gasteiger partial charge in [-0.3, -0.25) is 9.13 Å². The van der Waals surface area contributed by atoms with E-state index in [-0.39, 0.29) is 5.54 Å². The molecule has 10 aromatic rings. The largest absolute Gasteiger partial charge is 0.365 e. The first-order chi connectivity index (χ1) is 33.6. The summed E-state index contributed by atoms with van der Waals surface area (Å²) in [5.74, 6) is 3.67. The van der Waals surface area contributed by atoms with Gasteiger partial charge in [-0.1, -0.05) is 164 Å². The minimum Gasteiger partial charge on any atom is -0.365 e. The molecule has 0 amide bonds. The molecule has 2 aliphatic carbocycles. The average Bonchev–Trinajstić information content (AvgIpc) is 4.01. The van der Waals surface area contributed by atoms with Crippen LogP contribution < -0.4 is 20.5 Å². The molecule has 3 aromatic heterocycles. The third kappa shape index (κ3) is 6.32. The average molecular weight is 899 g/mol. The fraction of sp³-hybridized carbons (Fsp3) is 0.197. The van der Waals surface area contributed by atoms with Gasteiger partial charge in [0.1, 0.15) is 0 Å². The number of aromatic nitrogens is 5. The molecule has 0 spiro atoms. The minimum atomic E-state index is -2.82. The van der Waals surface area contributed by atoms with E-state index < -0.39 is 8.07 Å². The summed E-state index contributed by atoms with van der Waals surface area (Å²) in [6.07, 6.45) is 11.8. The molecule has 3 bridgehead atoms. The summed E-state index contributed by atoms with van der Waals surface area (Å²) in [7, 11) is -2.82. The number of benzene rings is 7. The number of hydrogen-bond acceptors (Lipinski definition) is 4. The Balaban J connectivity index is 1.04. The van der Waals surface area contributed by atoms with Crippen LogP contribution in [0.2, 0.25) is 5.54 Å². The first kappa shape index (κ1) is 40.9. The molecular weight excluding hydrogens is 845 g/mol. The lowest BCUT2D eigenvalue weighted by molar-refractivity contribution is 0.234. The Hall–Kier alpha value is -7.35. The molecule has 13 rings (SSSR count). The van der Waals surface area contributed by atoms with Crippen molar-refractivity contribution in [3.05, 3.63) is 207 Å². The monoisotopic (exact) mass is 898 g/mol. The van der Waals surface area contributed by atoms with Crippen molar-refractivity contribution >= 4 is 78.5 Å². The van der Waals surface area contributed by atoms with E-state index in [0.29, 0.717) is 36.2 Å². The van der Waals surface area contributed by atoms with Gasteiger partial charge in [0, 0.05) is 39.3 Å². The van der Waals surface area contributed by atoms with Crippen LogP contribution >= 0.6 is 0 Å². The highest BCUT2D eigenvalue weighted by atomic mass is 28.3. The highest BCUT2D eigenvalue weighted by Gasteiger charge is 2.49. The molecule has 332 valence electrons. The van der Waals surface area contributed by atoms with Crippen LogP contribution in [-0.4, -0.2) is 44.2 Å². The maximum atomic E-state index is 5.65. The van der Waals surface area contributed by atoms with Crippen molar-refractivity contribution in [2.45, 2.75) is 63.1 Å². The summed E-state index contributed by atoms with van der Waals surface area (Å²) in [5.41, 5.74) is 6.74. The Kier molecular flexibility index (Phi) is 9.90. The third-order valence-electron chi connectivity index (χ3n) is 16.2. The number of rotatable bonds is 11. The predicted octanol–water partition coefficient (Wildman–Crippen LogP) is 12.4. The summed E-state index contributed by atoms with van der Waals surface area (Å²) in [6, 6.07) is 67.9. The zero-order valence-electron chi connectivity index (χ0n) is 38.5. The molecule has 5 unspecified atom stereocenters. The lowest BCUT2D eigenvalue weighted by atomic mass is 9.78. The molecule has 0 radical (unpaired) electrons. The quantitative estimate of drug-likeness (QED) is 0.0737. The maximum absolute atomic E-state index is 5.65. The predicted molar refractivity (Wildman–Crippen MR) is 285 cm³/mol. The zero-order valence-corrected chi connectivity index (χ0v) is 39.5. The van der Waals surface area contributed by atoms with Gasteiger partial charge in [-0.2, -0.15) is 15.0 Å². The molecule has 4 heterocycles. The summed E-state index contributed by atoms with van der Waals surface area (Å²) in [4.78, 5) is 19.6. The normalized spacial score (nSPS) is 19.7. The lowest BCUT2D eigenvalue weighted by Crippen LogP contribution is -2.69. The van der Waals surface area contributed by atoms with Crippen LogP contribution in [-0.2, 0) is 0 Å². The van der Waals surface area contributed by atoms with Crippen LogP contribution in [0.15, 0.2) is 201 Å². The van der Waals surface area contributed by atoms with Crippen molar-refractivity contribution in [2.75, 3.05) is 4.90 Å². The second kappa shape index (κ2) is 16.5. The van der Waals surface area contributed by atoms with E-state index in [2.05, 4.69) is 222 Å². The van der Waals surface area contributed by atoms with Gasteiger partial charge in [0.15, 0.2) is 13.9 Å². The second-order valence-corrected chi connectivity index (χ2v) is 23.6. The van der Waals surface area contributed by atoms with Crippen molar-refractivity contribution in [3.63, 3.8) is 0 Å². The second-order valence-electron chi connectivity index (χ2n) is 19.5. The molecule has 7 heteroatoms. The number of fused-ring (bicyclic) bond motifs is 8. The first-order valence-electron chi connectivity index (χ1n) is 24.6. The number of anilines is 1. The van der Waals surface area contributed by atoms with Crippen LogP contribution in [0.3, 0.4) is 0 Å². The van der Waals surface area contributed by atoms with Crippen molar-refractivity contribution in [2.24, 2.45) is 11.8 Å². The third-order valence-corrected chi connectivity index (χ3v) is 21.5. The van der Waals surface area contributed by atoms with Crippen molar-refractivity contribution in [3.8, 4) is 11.9 Å². The Bertz CT molecular complexity index is 3400. The topological polar surface area (TPSA) is 51.8 Å². The van der Waals surface area contributed by atoms with Crippen LogP contribution in [0.25, 0.3) is 61.1 Å². The summed E-state index contributed by atoms with van der Waals surface area (Å²) in [6.45, 7) is 6.80. The van der Waals surface area contributed by atoms with E-state index in [1.165, 1.54) is 74.9 Å². The molecule has 1 saturated heterocycles. The van der Waals surface area contributed by atoms with E-state index in [0.717, 1.165) is 39.5 Å². The summed E-state index contributed by atoms with van der Waals surface area (Å²) >= 11 is 0. The standard InChI is InChI=1S/C61H54N6Si/c1-3-41(39-47(4-2)68(48-20-8-5-9-21-48,49-22-10-6-11-23-49)50-24-12-7-13-25-50)59-62-60(66-55-29-17-14-26-51(55)52-27-15-18-30-56(52)66)64-61(63-59)67-57-31-19-16-28-53(57)54-35-34-45(40-58(54)67)65-44-33-32-42-36-46(65)38-43(42)37-44/h3-31,34-35,40,42-44,46-47H,2,32-33,36-39H2,1H3/b41-3+. The van der Waals surface area contributed by atoms with Crippen LogP contribution in [0.1, 0.15) is 51.3 Å². The molecule has 1 aliphatic heterocycles. The number of nitrogens with zero attached hydrogens (tertiary/aromatic N) is 6. The van der Waals surface area contributed by atoms with E-state index in [1.807, 2.05) is 0 Å². The van der Waals surface area contributed by atoms with Gasteiger partial charge < -0.3 is 4.90 Å². The highest BCUT2D eigenvalue weighted by Crippen LogP contribution is 2.52. The molecule has 5 atom stereocenters. The van der Waals surface area contributed by atoms with Gasteiger partial charge in [0.2, 0.25) is 11.9 Å². The molecule has 0 N–H and O–H groups in total. The van der Waals surface area contributed by atoms with Gasteiger partial charge in [-0.15, -0.1) is 6.58 Å². The fourth-order valence-electron chi connectivity index (χ4n) is 13.3. The van der Waals surface area contributed by atoms with E-state index in [9.17, 15) is 0 Å². The van der Waals surface area contributed by atoms with Gasteiger partial charge >= 0.3 is 0 Å². The minimum absolute atomic E-state index is 0.0310. The van der Waals surface area contributed by atoms with Crippen LogP contribution in [0.5, 0.6) is 0 Å². The molecule has 2 saturated carbocycles. The van der Waals surface area contributed by atoms with E-state index in [4.69, 9.17) is 15.0 Å². The molecular formula is C61H54N6Si. The van der Waals surface area contributed by atoms with Gasteiger partial charge in [0.25, 0.3) is 0 Å². The van der Waals surface area contributed by atoms with Gasteiger partial charge in [0.05, 0.1) is 22.1 Å². The Labute approximate surface area is 399 Å². The van der Waals surface area contributed by atoms with Gasteiger partial charge in [-0.25, -0.2) is 0 Å². The zero-order chi connectivity index (χ0) is 45.3. The van der Waals surface area contributed by atoms with Gasteiger partial charge in [-0.05, 0) is 114 Å². The number of para-hydroxylation sites is 3. The lowest BCUT2D eigenvalue weighted by Gasteiger charge is -2.44. The maximum Gasteiger partial charge on any atom is 0.240 e. The highest BCUT2D eigenvalue weighted by molar-refractivity contribution is 7.12. The Morgan fingerprint density at radius 2 is 1.01 bits per heavy atom. The smallest absolute Gasteiger partial charge is 0.240 e. The van der Waals surface area contributed by atoms with Crippen molar-refractivity contribution in [1.82, 2.24) is 24.1 Å². The van der Waals surface area contributed by atoms with Crippen molar-refractivity contribution < 1.29 is 0 Å². The Morgan fingerprint density at radius 1 is 0.544 bits per heavy atom. The molecule has 3 aliphatic rings. The number of hydrogen-bond donors (Lipinski definition) is 0. The first-order valence-corrected chi connectivity index (χ1v) is 26.7. The number of allylic oxidation sites excluding steroid dienone is 3. The van der Waals surface area contributed by atoms with Crippen LogP contribution in [0, 0.1) is 11.8 Å². The fourth-order valence-corrected chi connectivity index (χ4v) is 18.6. The van der Waals surface area contributed by atoms with E-state index >= 15 is 0 Å². The van der Waals surface area contributed by atoms with E-state index in [1.54, 1.807) is 0 Å². The SMILES string of the molecule is C=CC(C/C(=C\C)c1nc(-n2c3ccccc3c3ccccc32)nc(-n2c3ccccc3c3ccc(N4C5CCC6CC4CC6C5)cc32)n1)[Si](c1ccccc1)(c1ccccc1)c1ccccc1. The summed E-state index contributed by atoms with van der Waals surface area (Å²) in [5, 5.41) is 8.76. The molecule has 6 nitrogen and oxygen atoms in total. The summed E-state index contributed by atoms with van der Waals surface area (Å²) < 4.78 is 4.57.